The predicted octanol–water partition coefficient (Wildman–Crippen LogP) is 5.74. The van der Waals surface area contributed by atoms with Crippen molar-refractivity contribution < 1.29 is 0 Å². The highest BCUT2D eigenvalue weighted by Gasteiger charge is 2.21. The Labute approximate surface area is 101 Å². The van der Waals surface area contributed by atoms with E-state index in [9.17, 15) is 0 Å². The van der Waals surface area contributed by atoms with E-state index < -0.39 is 9.24 Å². The van der Waals surface area contributed by atoms with Crippen LogP contribution in [0.2, 0.25) is 0 Å². The van der Waals surface area contributed by atoms with E-state index in [1.54, 1.807) is 0 Å². The number of hydrogen-bond donors (Lipinski definition) is 0. The van der Waals surface area contributed by atoms with Crippen LogP contribution in [0, 0.1) is 0 Å². The molecule has 0 bridgehead atoms. The fourth-order valence-corrected chi connectivity index (χ4v) is 4.43. The molecule has 1 aliphatic heterocycles. The average molecular weight is 247 g/mol. The standard InChI is InChI=1S/C13H23ClS/c1-3-4-5-6-7-8-11-15(14)12-9-10-13(15)2/h9-10,12H,3-8,11H2,1-2H3. The van der Waals surface area contributed by atoms with Gasteiger partial charge >= 0.3 is 0 Å². The van der Waals surface area contributed by atoms with E-state index in [0.29, 0.717) is 0 Å². The summed E-state index contributed by atoms with van der Waals surface area (Å²) in [4.78, 5) is 1.39. The number of unbranched alkanes of at least 4 members (excludes halogenated alkanes) is 5. The minimum atomic E-state index is -1.02. The minimum Gasteiger partial charge on any atom is -0.119 e. The molecule has 0 amide bonds. The molecule has 0 aromatic carbocycles. The quantitative estimate of drug-likeness (QED) is 0.503. The van der Waals surface area contributed by atoms with Crippen molar-refractivity contribution in [1.29, 1.82) is 0 Å². The maximum Gasteiger partial charge on any atom is -0.00268 e. The molecule has 1 aliphatic rings. The molecule has 0 fully saturated rings. The maximum absolute atomic E-state index is 6.59. The molecule has 0 saturated heterocycles. The van der Waals surface area contributed by atoms with Crippen LogP contribution in [0.1, 0.15) is 52.4 Å². The largest absolute Gasteiger partial charge is 0.119 e. The first-order valence-electron chi connectivity index (χ1n) is 6.05. The first kappa shape index (κ1) is 13.2. The predicted molar refractivity (Wildman–Crippen MR) is 74.6 cm³/mol. The van der Waals surface area contributed by atoms with Crippen LogP contribution in [-0.4, -0.2) is 5.75 Å². The van der Waals surface area contributed by atoms with Gasteiger partial charge in [-0.1, -0.05) is 61.9 Å². The minimum absolute atomic E-state index is 1.02. The summed E-state index contributed by atoms with van der Waals surface area (Å²) in [5.41, 5.74) is 0. The number of halogens is 1. The second-order valence-electron chi connectivity index (χ2n) is 4.28. The molecular weight excluding hydrogens is 224 g/mol. The van der Waals surface area contributed by atoms with Crippen molar-refractivity contribution in [2.45, 2.75) is 52.4 Å². The summed E-state index contributed by atoms with van der Waals surface area (Å²) in [5.74, 6) is 1.18. The molecule has 88 valence electrons. The monoisotopic (exact) mass is 246 g/mol. The van der Waals surface area contributed by atoms with E-state index in [2.05, 4.69) is 31.4 Å². The third-order valence-corrected chi connectivity index (χ3v) is 7.14. The molecule has 1 heterocycles. The zero-order valence-corrected chi connectivity index (χ0v) is 11.5. The van der Waals surface area contributed by atoms with E-state index in [1.807, 2.05) is 0 Å². The molecule has 2 heteroatoms. The van der Waals surface area contributed by atoms with Crippen LogP contribution < -0.4 is 0 Å². The fourth-order valence-electron chi connectivity index (χ4n) is 1.84. The van der Waals surface area contributed by atoms with Crippen molar-refractivity contribution in [2.75, 3.05) is 5.75 Å². The Morgan fingerprint density at radius 3 is 2.40 bits per heavy atom. The smallest absolute Gasteiger partial charge is 0.00268 e. The lowest BCUT2D eigenvalue weighted by Crippen LogP contribution is -1.94. The average Bonchev–Trinajstić information content (AvgIpc) is 2.54. The Kier molecular flexibility index (Phi) is 5.84. The summed E-state index contributed by atoms with van der Waals surface area (Å²) in [6, 6.07) is 0. The zero-order valence-electron chi connectivity index (χ0n) is 9.97. The van der Waals surface area contributed by atoms with Crippen LogP contribution >= 0.6 is 19.9 Å². The van der Waals surface area contributed by atoms with Crippen LogP contribution in [-0.2, 0) is 0 Å². The van der Waals surface area contributed by atoms with Crippen LogP contribution in [0.4, 0.5) is 0 Å². The first-order valence-corrected chi connectivity index (χ1v) is 8.74. The van der Waals surface area contributed by atoms with Crippen molar-refractivity contribution in [3.8, 4) is 0 Å². The number of allylic oxidation sites excluding steroid dienone is 3. The van der Waals surface area contributed by atoms with Gasteiger partial charge in [-0.15, -0.1) is 9.24 Å². The maximum atomic E-state index is 6.59. The highest BCUT2D eigenvalue weighted by molar-refractivity contribution is 8.55. The molecule has 0 aromatic rings. The van der Waals surface area contributed by atoms with Crippen LogP contribution in [0.3, 0.4) is 0 Å². The van der Waals surface area contributed by atoms with Crippen LogP contribution in [0.25, 0.3) is 0 Å². The van der Waals surface area contributed by atoms with Crippen molar-refractivity contribution >= 4 is 19.9 Å². The van der Waals surface area contributed by atoms with Crippen LogP contribution in [0.15, 0.2) is 22.5 Å². The SMILES string of the molecule is CCCCCCCCS1(Cl)C=CC=C1C. The number of rotatable bonds is 7. The molecule has 15 heavy (non-hydrogen) atoms. The molecule has 0 N–H and O–H groups in total. The summed E-state index contributed by atoms with van der Waals surface area (Å²) >= 11 is 0. The topological polar surface area (TPSA) is 0 Å². The van der Waals surface area contributed by atoms with Crippen molar-refractivity contribution in [3.05, 3.63) is 22.5 Å². The van der Waals surface area contributed by atoms with Gasteiger partial charge in [-0.05, 0) is 29.4 Å². The highest BCUT2D eigenvalue weighted by atomic mass is 35.7. The summed E-state index contributed by atoms with van der Waals surface area (Å²) in [6.07, 6.45) is 12.4. The second-order valence-corrected chi connectivity index (χ2v) is 8.67. The molecular formula is C13H23ClS. The summed E-state index contributed by atoms with van der Waals surface area (Å²) < 4.78 is 0. The van der Waals surface area contributed by atoms with Gasteiger partial charge in [0.15, 0.2) is 0 Å². The second kappa shape index (κ2) is 6.65. The summed E-state index contributed by atoms with van der Waals surface area (Å²) in [7, 11) is 5.57. The lowest BCUT2D eigenvalue weighted by Gasteiger charge is -2.27. The highest BCUT2D eigenvalue weighted by Crippen LogP contribution is 2.64. The van der Waals surface area contributed by atoms with Crippen LogP contribution in [0.5, 0.6) is 0 Å². The van der Waals surface area contributed by atoms with Gasteiger partial charge in [0.05, 0.1) is 0 Å². The zero-order chi connectivity index (χ0) is 11.1. The normalized spacial score (nSPS) is 28.9. The Hall–Kier alpha value is 0.120. The summed E-state index contributed by atoms with van der Waals surface area (Å²) in [6.45, 7) is 4.43. The van der Waals surface area contributed by atoms with E-state index in [4.69, 9.17) is 10.7 Å². The lowest BCUT2D eigenvalue weighted by molar-refractivity contribution is 0.627. The van der Waals surface area contributed by atoms with Gasteiger partial charge in [-0.25, -0.2) is 0 Å². The molecule has 1 unspecified atom stereocenters. The Bertz CT molecular complexity index is 245. The molecule has 0 spiro atoms. The van der Waals surface area contributed by atoms with E-state index in [1.165, 1.54) is 49.2 Å². The molecule has 0 aromatic heterocycles. The van der Waals surface area contributed by atoms with Gasteiger partial charge in [0, 0.05) is 0 Å². The van der Waals surface area contributed by atoms with Gasteiger partial charge in [0.1, 0.15) is 0 Å². The van der Waals surface area contributed by atoms with Crippen molar-refractivity contribution in [2.24, 2.45) is 0 Å². The van der Waals surface area contributed by atoms with E-state index >= 15 is 0 Å². The van der Waals surface area contributed by atoms with Crippen molar-refractivity contribution in [1.82, 2.24) is 0 Å². The van der Waals surface area contributed by atoms with Crippen molar-refractivity contribution in [3.63, 3.8) is 0 Å². The molecule has 0 nitrogen and oxygen atoms in total. The fraction of sp³-hybridized carbons (Fsp3) is 0.692. The Balaban J connectivity index is 2.10. The lowest BCUT2D eigenvalue weighted by atomic mass is 10.1. The molecule has 0 radical (unpaired) electrons. The van der Waals surface area contributed by atoms with Gasteiger partial charge in [-0.3, -0.25) is 0 Å². The third kappa shape index (κ3) is 4.24. The summed E-state index contributed by atoms with van der Waals surface area (Å²) in [5, 5.41) is 2.22. The third-order valence-electron chi connectivity index (χ3n) is 2.96. The van der Waals surface area contributed by atoms with E-state index in [-0.39, 0.29) is 0 Å². The van der Waals surface area contributed by atoms with Gasteiger partial charge in [0.2, 0.25) is 0 Å². The molecule has 0 aliphatic carbocycles. The van der Waals surface area contributed by atoms with Gasteiger partial charge in [0.25, 0.3) is 0 Å². The Morgan fingerprint density at radius 1 is 1.13 bits per heavy atom. The number of hydrogen-bond acceptors (Lipinski definition) is 0. The Morgan fingerprint density at radius 2 is 1.80 bits per heavy atom. The first-order chi connectivity index (χ1) is 7.19. The molecule has 1 atom stereocenters. The molecule has 0 saturated carbocycles. The van der Waals surface area contributed by atoms with Gasteiger partial charge < -0.3 is 0 Å². The van der Waals surface area contributed by atoms with E-state index in [0.717, 1.165) is 0 Å². The van der Waals surface area contributed by atoms with Gasteiger partial charge in [-0.2, -0.15) is 0 Å². The molecule has 1 rings (SSSR count).